The van der Waals surface area contributed by atoms with E-state index in [1.165, 1.54) is 88.5 Å². The zero-order valence-electron chi connectivity index (χ0n) is 36.3. The van der Waals surface area contributed by atoms with E-state index in [0.29, 0.717) is 0 Å². The molecule has 0 saturated carbocycles. The first kappa shape index (κ1) is 38.9. The van der Waals surface area contributed by atoms with Crippen molar-refractivity contribution in [2.24, 2.45) is 0 Å². The zero-order chi connectivity index (χ0) is 43.8. The Morgan fingerprint density at radius 1 is 0.227 bits per heavy atom. The van der Waals surface area contributed by atoms with Gasteiger partial charge in [-0.1, -0.05) is 224 Å². The van der Waals surface area contributed by atoms with E-state index < -0.39 is 0 Å². The van der Waals surface area contributed by atoms with Crippen LogP contribution in [0.1, 0.15) is 0 Å². The largest absolute Gasteiger partial charge is 0.311 e. The van der Waals surface area contributed by atoms with Crippen molar-refractivity contribution in [1.29, 1.82) is 0 Å². The van der Waals surface area contributed by atoms with Crippen LogP contribution in [0.25, 0.3) is 94.1 Å². The summed E-state index contributed by atoms with van der Waals surface area (Å²) in [5.41, 5.74) is 20.0. The number of hydrogen-bond donors (Lipinski definition) is 0. The lowest BCUT2D eigenvalue weighted by Crippen LogP contribution is -2.09. The number of anilines is 3. The summed E-state index contributed by atoms with van der Waals surface area (Å²) in [6.45, 7) is 0. The van der Waals surface area contributed by atoms with Crippen molar-refractivity contribution in [2.45, 2.75) is 0 Å². The fraction of sp³-hybridized carbons (Fsp3) is 0. The van der Waals surface area contributed by atoms with E-state index >= 15 is 0 Å². The van der Waals surface area contributed by atoms with Gasteiger partial charge < -0.3 is 9.30 Å². The van der Waals surface area contributed by atoms with E-state index in [2.05, 4.69) is 276 Å². The smallest absolute Gasteiger partial charge is 0.0626 e. The van der Waals surface area contributed by atoms with Crippen LogP contribution in [0.2, 0.25) is 0 Å². The molecule has 2 nitrogen and oxygen atoms in total. The van der Waals surface area contributed by atoms with Gasteiger partial charge in [-0.2, -0.15) is 0 Å². The molecule has 2 aromatic heterocycles. The van der Waals surface area contributed by atoms with Crippen molar-refractivity contribution < 1.29 is 0 Å². The van der Waals surface area contributed by atoms with Crippen LogP contribution in [0.15, 0.2) is 267 Å². The molecule has 2 heterocycles. The summed E-state index contributed by atoms with van der Waals surface area (Å²) in [5.74, 6) is 0. The number of benzene rings is 10. The second-order valence-electron chi connectivity index (χ2n) is 16.9. The van der Waals surface area contributed by atoms with Gasteiger partial charge in [0.2, 0.25) is 0 Å². The van der Waals surface area contributed by atoms with E-state index in [-0.39, 0.29) is 0 Å². The number of para-hydroxylation sites is 1. The molecule has 0 amide bonds. The van der Waals surface area contributed by atoms with Crippen LogP contribution in [0.3, 0.4) is 0 Å². The summed E-state index contributed by atoms with van der Waals surface area (Å²) in [6.07, 6.45) is 0. The zero-order valence-corrected chi connectivity index (χ0v) is 36.3. The van der Waals surface area contributed by atoms with Crippen LogP contribution < -0.4 is 4.90 Å². The van der Waals surface area contributed by atoms with E-state index in [1.54, 1.807) is 0 Å². The topological polar surface area (TPSA) is 7.65 Å². The van der Waals surface area contributed by atoms with Gasteiger partial charge in [-0.25, -0.2) is 0 Å². The highest BCUT2D eigenvalue weighted by Crippen LogP contribution is 2.49. The number of aromatic nitrogens is 1. The average molecular weight is 841 g/mol. The normalized spacial score (nSPS) is 11.3. The summed E-state index contributed by atoms with van der Waals surface area (Å²) in [6, 6.07) is 96.7. The van der Waals surface area contributed by atoms with Crippen LogP contribution in [0, 0.1) is 0 Å². The Morgan fingerprint density at radius 3 is 1.02 bits per heavy atom. The van der Waals surface area contributed by atoms with Gasteiger partial charge in [0, 0.05) is 39.0 Å². The minimum Gasteiger partial charge on any atom is -0.311 e. The molecule has 0 aliphatic heterocycles. The molecule has 310 valence electrons. The second kappa shape index (κ2) is 16.8. The highest BCUT2D eigenvalue weighted by Gasteiger charge is 2.26. The number of rotatable bonds is 9. The Hall–Kier alpha value is -8.72. The molecule has 2 heteroatoms. The standard InChI is InChI=1S/C64H44N2/c1-5-17-45(18-6-1)48-33-39-54(40-34-48)65(55-41-35-49(36-42-55)46-19-7-2-8-20-46)56-43-37-50(38-44-56)47-29-31-52(32-30-47)61-62(51-21-9-3-10-22-51)64-59-27-14-13-25-57(59)58-26-15-16-28-60(58)66(64)63(61)53-23-11-4-12-24-53/h1-44H. The first-order valence-electron chi connectivity index (χ1n) is 22.7. The van der Waals surface area contributed by atoms with Gasteiger partial charge in [0.25, 0.3) is 0 Å². The second-order valence-corrected chi connectivity index (χ2v) is 16.9. The van der Waals surface area contributed by atoms with Crippen LogP contribution >= 0.6 is 0 Å². The Labute approximate surface area is 385 Å². The molecule has 12 rings (SSSR count). The number of nitrogens with zero attached hydrogens (tertiary/aromatic N) is 2. The lowest BCUT2D eigenvalue weighted by atomic mass is 9.91. The summed E-state index contributed by atoms with van der Waals surface area (Å²) >= 11 is 0. The number of pyridine rings is 1. The molecule has 12 aromatic rings. The average Bonchev–Trinajstić information content (AvgIpc) is 3.77. The molecule has 10 aromatic carbocycles. The molecule has 0 spiro atoms. The van der Waals surface area contributed by atoms with Gasteiger partial charge in [-0.3, -0.25) is 0 Å². The van der Waals surface area contributed by atoms with Gasteiger partial charge in [-0.15, -0.1) is 0 Å². The molecule has 0 unspecified atom stereocenters. The molecule has 0 atom stereocenters. The van der Waals surface area contributed by atoms with Crippen molar-refractivity contribution in [3.05, 3.63) is 267 Å². The van der Waals surface area contributed by atoms with E-state index in [0.717, 1.165) is 22.6 Å². The lowest BCUT2D eigenvalue weighted by Gasteiger charge is -2.26. The quantitative estimate of drug-likeness (QED) is 0.131. The molecule has 0 N–H and O–H groups in total. The van der Waals surface area contributed by atoms with E-state index in [9.17, 15) is 0 Å². The van der Waals surface area contributed by atoms with Gasteiger partial charge in [-0.05, 0) is 97.9 Å². The predicted octanol–water partition coefficient (Wildman–Crippen LogP) is 17.7. The summed E-state index contributed by atoms with van der Waals surface area (Å²) in [7, 11) is 0. The molecular weight excluding hydrogens is 797 g/mol. The maximum absolute atomic E-state index is 2.52. The van der Waals surface area contributed by atoms with E-state index in [1.807, 2.05) is 0 Å². The summed E-state index contributed by atoms with van der Waals surface area (Å²) in [5, 5.41) is 3.74. The Kier molecular flexibility index (Phi) is 9.89. The van der Waals surface area contributed by atoms with Crippen molar-refractivity contribution >= 4 is 44.3 Å². The Balaban J connectivity index is 0.969. The number of hydrogen-bond acceptors (Lipinski definition) is 1. The molecule has 0 radical (unpaired) electrons. The predicted molar refractivity (Wildman–Crippen MR) is 280 cm³/mol. The lowest BCUT2D eigenvalue weighted by molar-refractivity contribution is 1.28. The van der Waals surface area contributed by atoms with Crippen molar-refractivity contribution in [3.8, 4) is 66.9 Å². The fourth-order valence-electron chi connectivity index (χ4n) is 9.87. The van der Waals surface area contributed by atoms with Gasteiger partial charge >= 0.3 is 0 Å². The fourth-order valence-corrected chi connectivity index (χ4v) is 9.87. The van der Waals surface area contributed by atoms with Crippen molar-refractivity contribution in [1.82, 2.24) is 4.40 Å². The minimum atomic E-state index is 1.09. The molecule has 66 heavy (non-hydrogen) atoms. The maximum atomic E-state index is 2.52. The van der Waals surface area contributed by atoms with Crippen LogP contribution in [0.5, 0.6) is 0 Å². The SMILES string of the molecule is c1ccc(-c2ccc(N(c3ccc(-c4ccccc4)cc3)c3ccc(-c4ccc(-c5c(-c6ccccc6)c6c7ccccc7c7ccccc7n6c5-c5ccccc5)cc4)cc3)cc2)cc1. The van der Waals surface area contributed by atoms with Crippen LogP contribution in [-0.2, 0) is 0 Å². The molecule has 0 saturated heterocycles. The van der Waals surface area contributed by atoms with Crippen LogP contribution in [0.4, 0.5) is 17.1 Å². The first-order chi connectivity index (χ1) is 32.8. The molecule has 0 fully saturated rings. The highest BCUT2D eigenvalue weighted by molar-refractivity contribution is 6.20. The Bertz CT molecular complexity index is 3420. The van der Waals surface area contributed by atoms with Gasteiger partial charge in [0.15, 0.2) is 0 Å². The highest BCUT2D eigenvalue weighted by atomic mass is 15.1. The molecular formula is C64H44N2. The summed E-state index contributed by atoms with van der Waals surface area (Å²) in [4.78, 5) is 2.35. The minimum absolute atomic E-state index is 1.09. The third kappa shape index (κ3) is 6.93. The van der Waals surface area contributed by atoms with Crippen molar-refractivity contribution in [2.75, 3.05) is 4.90 Å². The van der Waals surface area contributed by atoms with E-state index in [4.69, 9.17) is 0 Å². The number of fused-ring (bicyclic) bond motifs is 6. The third-order valence-electron chi connectivity index (χ3n) is 13.0. The molecule has 0 aliphatic rings. The first-order valence-corrected chi connectivity index (χ1v) is 22.7. The van der Waals surface area contributed by atoms with Crippen molar-refractivity contribution in [3.63, 3.8) is 0 Å². The van der Waals surface area contributed by atoms with Crippen LogP contribution in [-0.4, -0.2) is 4.40 Å². The van der Waals surface area contributed by atoms with Gasteiger partial charge in [0.1, 0.15) is 0 Å². The van der Waals surface area contributed by atoms with Gasteiger partial charge in [0.05, 0.1) is 16.7 Å². The third-order valence-corrected chi connectivity index (χ3v) is 13.0. The maximum Gasteiger partial charge on any atom is 0.0626 e. The molecule has 0 bridgehead atoms. The monoisotopic (exact) mass is 840 g/mol. The molecule has 0 aliphatic carbocycles. The Morgan fingerprint density at radius 2 is 0.545 bits per heavy atom. The summed E-state index contributed by atoms with van der Waals surface area (Å²) < 4.78 is 2.52.